The smallest absolute Gasteiger partial charge is 0.197 e. The molecule has 1 aliphatic rings. The van der Waals surface area contributed by atoms with Gasteiger partial charge >= 0.3 is 0 Å². The van der Waals surface area contributed by atoms with Crippen LogP contribution in [0.15, 0.2) is 42.5 Å². The summed E-state index contributed by atoms with van der Waals surface area (Å²) in [5, 5.41) is 21.2. The Balaban J connectivity index is 1.67. The average molecular weight is 647 g/mol. The molecule has 2 aromatic carbocycles. The first-order valence-electron chi connectivity index (χ1n) is 14.5. The van der Waals surface area contributed by atoms with Crippen molar-refractivity contribution < 1.29 is 42.2 Å². The lowest BCUT2D eigenvalue weighted by molar-refractivity contribution is 0.0396. The summed E-state index contributed by atoms with van der Waals surface area (Å²) in [4.78, 5) is 17.9. The molecule has 3 aromatic rings. The number of hydrogen-bond donors (Lipinski definition) is 3. The topological polar surface area (TPSA) is 127 Å². The van der Waals surface area contributed by atoms with Crippen LogP contribution in [0.4, 0.5) is 8.78 Å². The van der Waals surface area contributed by atoms with Crippen LogP contribution >= 0.6 is 0 Å². The maximum atomic E-state index is 14.9. The summed E-state index contributed by atoms with van der Waals surface area (Å²) in [7, 11) is -0.156. The third-order valence-corrected chi connectivity index (χ3v) is 9.22. The van der Waals surface area contributed by atoms with E-state index in [1.807, 2.05) is 27.7 Å². The van der Waals surface area contributed by atoms with Crippen molar-refractivity contribution in [1.82, 2.24) is 9.71 Å². The van der Waals surface area contributed by atoms with Crippen LogP contribution in [0.2, 0.25) is 0 Å². The number of aliphatic hydroxyl groups is 2. The Kier molecular flexibility index (Phi) is 10.0. The van der Waals surface area contributed by atoms with Gasteiger partial charge in [0.05, 0.1) is 40.2 Å². The molecule has 0 spiro atoms. The van der Waals surface area contributed by atoms with Crippen LogP contribution in [0.3, 0.4) is 0 Å². The van der Waals surface area contributed by atoms with Crippen molar-refractivity contribution in [3.63, 3.8) is 0 Å². The van der Waals surface area contributed by atoms with Crippen molar-refractivity contribution in [2.75, 3.05) is 20.3 Å². The van der Waals surface area contributed by atoms with Crippen molar-refractivity contribution >= 4 is 16.8 Å². The highest BCUT2D eigenvalue weighted by molar-refractivity contribution is 7.84. The second kappa shape index (κ2) is 13.1. The normalized spacial score (nSPS) is 18.8. The van der Waals surface area contributed by atoms with Crippen molar-refractivity contribution in [1.29, 1.82) is 0 Å². The Morgan fingerprint density at radius 3 is 2.44 bits per heavy atom. The van der Waals surface area contributed by atoms with E-state index < -0.39 is 50.4 Å². The Hall–Kier alpha value is -3.45. The lowest BCUT2D eigenvalue weighted by Crippen LogP contribution is -2.47. The van der Waals surface area contributed by atoms with Crippen molar-refractivity contribution in [2.45, 2.75) is 76.4 Å². The molecule has 0 aliphatic carbocycles. The molecule has 0 fully saturated rings. The Morgan fingerprint density at radius 1 is 1.18 bits per heavy atom. The number of nitrogens with zero attached hydrogens (tertiary/aromatic N) is 1. The molecule has 45 heavy (non-hydrogen) atoms. The van der Waals surface area contributed by atoms with Gasteiger partial charge in [0.15, 0.2) is 28.8 Å². The molecule has 1 aliphatic heterocycles. The monoisotopic (exact) mass is 646 g/mol. The maximum Gasteiger partial charge on any atom is 0.197 e. The molecular weight excluding hydrogens is 606 g/mol. The van der Waals surface area contributed by atoms with E-state index in [0.717, 1.165) is 6.07 Å². The van der Waals surface area contributed by atoms with Gasteiger partial charge < -0.3 is 24.4 Å². The number of nitrogens with one attached hydrogen (secondary N) is 1. The summed E-state index contributed by atoms with van der Waals surface area (Å²) in [6.45, 7) is 10.4. The van der Waals surface area contributed by atoms with Gasteiger partial charge in [-0.25, -0.2) is 22.7 Å². The number of carbonyl (C=O) groups excluding carboxylic acids is 1. The molecule has 0 saturated heterocycles. The number of ether oxygens (including phenoxy) is 3. The predicted molar refractivity (Wildman–Crippen MR) is 167 cm³/mol. The number of halogens is 2. The van der Waals surface area contributed by atoms with E-state index in [0.29, 0.717) is 22.6 Å². The Morgan fingerprint density at radius 2 is 1.84 bits per heavy atom. The molecule has 0 saturated carbocycles. The number of pyridine rings is 1. The molecule has 3 N–H and O–H groups in total. The van der Waals surface area contributed by atoms with Crippen LogP contribution < -0.4 is 18.9 Å². The van der Waals surface area contributed by atoms with Gasteiger partial charge in [0.2, 0.25) is 0 Å². The average Bonchev–Trinajstić information content (AvgIpc) is 3.30. The van der Waals surface area contributed by atoms with Gasteiger partial charge in [-0.3, -0.25) is 4.79 Å². The first-order chi connectivity index (χ1) is 20.9. The minimum atomic E-state index is -1.64. The fourth-order valence-electron chi connectivity index (χ4n) is 4.76. The fourth-order valence-corrected chi connectivity index (χ4v) is 5.64. The third kappa shape index (κ3) is 7.69. The second-order valence-electron chi connectivity index (χ2n) is 12.7. The first-order valence-corrected chi connectivity index (χ1v) is 15.7. The third-order valence-electron chi connectivity index (χ3n) is 7.48. The van der Waals surface area contributed by atoms with E-state index in [2.05, 4.69) is 4.72 Å². The lowest BCUT2D eigenvalue weighted by atomic mass is 9.88. The summed E-state index contributed by atoms with van der Waals surface area (Å²) in [5.74, 6) is -1.52. The van der Waals surface area contributed by atoms with Gasteiger partial charge in [-0.1, -0.05) is 0 Å². The van der Waals surface area contributed by atoms with E-state index >= 15 is 0 Å². The van der Waals surface area contributed by atoms with Crippen molar-refractivity contribution in [2.24, 2.45) is 0 Å². The second-order valence-corrected chi connectivity index (χ2v) is 14.7. The number of methoxy groups -OCH3 is 1. The van der Waals surface area contributed by atoms with Crippen molar-refractivity contribution in [3.8, 4) is 28.5 Å². The molecule has 1 aromatic heterocycles. The predicted octanol–water partition coefficient (Wildman–Crippen LogP) is 5.33. The highest BCUT2D eigenvalue weighted by atomic mass is 32.2. The van der Waals surface area contributed by atoms with E-state index in [9.17, 15) is 28.0 Å². The lowest BCUT2D eigenvalue weighted by Gasteiger charge is -2.30. The van der Waals surface area contributed by atoms with E-state index in [4.69, 9.17) is 19.2 Å². The number of Topliss-reactive ketones (excluding diaryl/α,β-unsaturated/α-hetero) is 1. The number of ketones is 1. The minimum absolute atomic E-state index is 0.00517. The van der Waals surface area contributed by atoms with Gasteiger partial charge in [-0.2, -0.15) is 0 Å². The van der Waals surface area contributed by atoms with Gasteiger partial charge in [0, 0.05) is 23.1 Å². The zero-order valence-corrected chi connectivity index (χ0v) is 27.3. The maximum absolute atomic E-state index is 14.9. The van der Waals surface area contributed by atoms with Crippen LogP contribution in [0.1, 0.15) is 76.0 Å². The first kappa shape index (κ1) is 34.4. The number of fused-ring (bicyclic) bond motifs is 1. The molecule has 12 heteroatoms. The number of hydrogen-bond acceptors (Lipinski definition) is 8. The molecular formula is C33H40F2N2O7S. The Labute approximate surface area is 264 Å². The van der Waals surface area contributed by atoms with Gasteiger partial charge in [0.25, 0.3) is 0 Å². The van der Waals surface area contributed by atoms with Crippen LogP contribution in [0.25, 0.3) is 11.3 Å². The molecule has 9 nitrogen and oxygen atoms in total. The zero-order chi connectivity index (χ0) is 33.3. The van der Waals surface area contributed by atoms with Gasteiger partial charge in [-0.15, -0.1) is 0 Å². The van der Waals surface area contributed by atoms with Crippen LogP contribution in [-0.4, -0.2) is 56.4 Å². The quantitative estimate of drug-likeness (QED) is 0.226. The SMILES string of the molecule is COc1cc(C(=O)CC[C@@](C)(O)c2cc3c(c(-c4ccc(F)cc4)n2)OC[C@@]3(C)NS(=O)C(C)(C)C)cc(F)c1OC[C@@H](C)O. The molecule has 0 radical (unpaired) electrons. The molecule has 244 valence electrons. The van der Waals surface area contributed by atoms with Crippen molar-refractivity contribution in [3.05, 3.63) is 70.9 Å². The highest BCUT2D eigenvalue weighted by Crippen LogP contribution is 2.45. The molecule has 0 bridgehead atoms. The zero-order valence-electron chi connectivity index (χ0n) is 26.5. The summed E-state index contributed by atoms with van der Waals surface area (Å²) < 4.78 is 61.0. The summed E-state index contributed by atoms with van der Waals surface area (Å²) in [6, 6.07) is 9.74. The largest absolute Gasteiger partial charge is 0.493 e. The number of aromatic nitrogens is 1. The summed E-state index contributed by atoms with van der Waals surface area (Å²) >= 11 is 0. The van der Waals surface area contributed by atoms with E-state index in [1.165, 1.54) is 39.2 Å². The molecule has 0 amide bonds. The number of aliphatic hydroxyl groups excluding tert-OH is 1. The minimum Gasteiger partial charge on any atom is -0.493 e. The molecule has 4 rings (SSSR count). The van der Waals surface area contributed by atoms with Crippen LogP contribution in [0.5, 0.6) is 17.2 Å². The van der Waals surface area contributed by atoms with Gasteiger partial charge in [-0.05, 0) is 90.4 Å². The van der Waals surface area contributed by atoms with Crippen LogP contribution in [0, 0.1) is 11.6 Å². The number of benzene rings is 2. The standard InChI is InChI=1S/C33H40F2N2O7S/c1-19(38)17-43-30-24(35)14-21(15-26(30)42-7)25(39)12-13-33(6,40)27-16-23-29(28(36-27)20-8-10-22(34)11-9-20)44-18-32(23,5)37-45(41)31(2,3)4/h8-11,14-16,19,37-38,40H,12-13,17-18H2,1-7H3/t19-,32-,33-,45?/m1/s1. The number of carbonyl (C=O) groups is 1. The van der Waals surface area contributed by atoms with E-state index in [-0.39, 0.29) is 48.8 Å². The number of rotatable bonds is 12. The van der Waals surface area contributed by atoms with E-state index in [1.54, 1.807) is 18.2 Å². The fraction of sp³-hybridized carbons (Fsp3) is 0.455. The molecule has 1 unspecified atom stereocenters. The molecule has 4 atom stereocenters. The highest BCUT2D eigenvalue weighted by Gasteiger charge is 2.43. The summed E-state index contributed by atoms with van der Waals surface area (Å²) in [6.07, 6.45) is -1.09. The van der Waals surface area contributed by atoms with Crippen LogP contribution in [-0.2, 0) is 22.1 Å². The van der Waals surface area contributed by atoms with Gasteiger partial charge in [0.1, 0.15) is 30.3 Å². The summed E-state index contributed by atoms with van der Waals surface area (Å²) in [5.41, 5.74) is -0.807. The Bertz CT molecular complexity index is 1590. The molecule has 2 heterocycles.